The zero-order valence-electron chi connectivity index (χ0n) is 16.9. The molecule has 10 heteroatoms. The number of halogens is 1. The molecule has 0 aliphatic carbocycles. The van der Waals surface area contributed by atoms with Crippen molar-refractivity contribution in [3.8, 4) is 0 Å². The lowest BCUT2D eigenvalue weighted by molar-refractivity contribution is -0.124. The number of carbonyl (C=O) groups excluding carboxylic acids is 3. The number of nitrogens with zero attached hydrogens (tertiary/aromatic N) is 2. The molecule has 3 N–H and O–H groups in total. The molecule has 1 atom stereocenters. The first-order valence-electron chi connectivity index (χ1n) is 9.86. The van der Waals surface area contributed by atoms with Gasteiger partial charge in [0.2, 0.25) is 17.7 Å². The van der Waals surface area contributed by atoms with Crippen LogP contribution in [0.15, 0.2) is 65.8 Å². The second-order valence-electron chi connectivity index (χ2n) is 7.17. The zero-order chi connectivity index (χ0) is 22.5. The Balaban J connectivity index is 1.28. The van der Waals surface area contributed by atoms with Crippen LogP contribution in [0.3, 0.4) is 0 Å². The summed E-state index contributed by atoms with van der Waals surface area (Å²) in [5.74, 6) is -0.651. The van der Waals surface area contributed by atoms with E-state index in [0.717, 1.165) is 10.5 Å². The maximum Gasteiger partial charge on any atom is 0.246 e. The first-order valence-corrected chi connectivity index (χ1v) is 11.1. The predicted octanol–water partition coefficient (Wildman–Crippen LogP) is 3.29. The summed E-state index contributed by atoms with van der Waals surface area (Å²) in [7, 11) is 0. The quantitative estimate of drug-likeness (QED) is 0.492. The van der Waals surface area contributed by atoms with Crippen LogP contribution in [0.4, 0.5) is 11.4 Å². The molecule has 0 fully saturated rings. The van der Waals surface area contributed by atoms with E-state index in [-0.39, 0.29) is 37.2 Å². The molecular formula is C22H20ClN5O3S. The summed E-state index contributed by atoms with van der Waals surface area (Å²) >= 11 is 7.31. The largest absolute Gasteiger partial charge is 0.352 e. The summed E-state index contributed by atoms with van der Waals surface area (Å²) in [6.45, 7) is 0.400. The number of fused-ring (bicyclic) bond motifs is 1. The Bertz CT molecular complexity index is 1150. The highest BCUT2D eigenvalue weighted by atomic mass is 35.5. The third-order valence-electron chi connectivity index (χ3n) is 4.70. The monoisotopic (exact) mass is 469 g/mol. The number of thioether (sulfide) groups is 1. The second kappa shape index (κ2) is 9.88. The van der Waals surface area contributed by atoms with Crippen LogP contribution in [0, 0.1) is 0 Å². The van der Waals surface area contributed by atoms with Crippen molar-refractivity contribution in [3.63, 3.8) is 0 Å². The number of anilines is 2. The van der Waals surface area contributed by atoms with E-state index in [1.165, 1.54) is 16.4 Å². The van der Waals surface area contributed by atoms with E-state index in [4.69, 9.17) is 11.6 Å². The fourth-order valence-corrected chi connectivity index (χ4v) is 4.46. The summed E-state index contributed by atoms with van der Waals surface area (Å²) < 4.78 is 1.53. The number of amides is 3. The number of carbonyl (C=O) groups is 3. The standard InChI is InChI=1S/C22H20ClN5O3S/c23-15-5-6-18-17(10-15)27-22(31)19(32-18)11-20(29)24-12-14-3-1-4-16(9-14)26-21(30)13-28-8-2-7-25-28/h1-10,19H,11-13H2,(H,24,29)(H,26,30)(H,27,31). The van der Waals surface area contributed by atoms with E-state index in [9.17, 15) is 14.4 Å². The summed E-state index contributed by atoms with van der Waals surface area (Å²) in [5.41, 5.74) is 2.12. The van der Waals surface area contributed by atoms with Crippen molar-refractivity contribution in [2.24, 2.45) is 0 Å². The SMILES string of the molecule is O=C(CC1Sc2ccc(Cl)cc2NC1=O)NCc1cccc(NC(=O)Cn2cccn2)c1. The van der Waals surface area contributed by atoms with Gasteiger partial charge < -0.3 is 16.0 Å². The van der Waals surface area contributed by atoms with Gasteiger partial charge in [-0.15, -0.1) is 11.8 Å². The van der Waals surface area contributed by atoms with E-state index >= 15 is 0 Å². The van der Waals surface area contributed by atoms with Crippen molar-refractivity contribution in [1.29, 1.82) is 0 Å². The summed E-state index contributed by atoms with van der Waals surface area (Å²) in [5, 5.41) is 12.5. The summed E-state index contributed by atoms with van der Waals surface area (Å²) in [6.07, 6.45) is 3.38. The van der Waals surface area contributed by atoms with Gasteiger partial charge in [-0.05, 0) is 42.0 Å². The molecule has 0 saturated heterocycles. The topological polar surface area (TPSA) is 105 Å². The lowest BCUT2D eigenvalue weighted by atomic mass is 10.2. The smallest absolute Gasteiger partial charge is 0.246 e. The third-order valence-corrected chi connectivity index (χ3v) is 6.21. The molecule has 2 heterocycles. The van der Waals surface area contributed by atoms with Crippen LogP contribution in [0.5, 0.6) is 0 Å². The lowest BCUT2D eigenvalue weighted by Crippen LogP contribution is -2.34. The number of hydrogen-bond donors (Lipinski definition) is 3. The molecule has 1 aromatic heterocycles. The molecular weight excluding hydrogens is 450 g/mol. The first-order chi connectivity index (χ1) is 15.5. The van der Waals surface area contributed by atoms with Crippen LogP contribution < -0.4 is 16.0 Å². The van der Waals surface area contributed by atoms with Gasteiger partial charge in [0.1, 0.15) is 6.54 Å². The van der Waals surface area contributed by atoms with Crippen molar-refractivity contribution >= 4 is 52.5 Å². The van der Waals surface area contributed by atoms with Crippen LogP contribution in [0.2, 0.25) is 5.02 Å². The maximum absolute atomic E-state index is 12.4. The van der Waals surface area contributed by atoms with Gasteiger partial charge in [0.25, 0.3) is 0 Å². The molecule has 0 saturated carbocycles. The first kappa shape index (κ1) is 21.9. The molecule has 1 aliphatic heterocycles. The second-order valence-corrected chi connectivity index (χ2v) is 8.85. The van der Waals surface area contributed by atoms with E-state index in [1.807, 2.05) is 12.1 Å². The van der Waals surface area contributed by atoms with Crippen molar-refractivity contribution < 1.29 is 14.4 Å². The number of aromatic nitrogens is 2. The number of nitrogens with one attached hydrogen (secondary N) is 3. The number of benzene rings is 2. The van der Waals surface area contributed by atoms with Crippen LogP contribution in [-0.4, -0.2) is 32.8 Å². The van der Waals surface area contributed by atoms with Gasteiger partial charge in [0, 0.05) is 41.0 Å². The predicted molar refractivity (Wildman–Crippen MR) is 123 cm³/mol. The van der Waals surface area contributed by atoms with E-state index in [1.54, 1.807) is 48.8 Å². The summed E-state index contributed by atoms with van der Waals surface area (Å²) in [6, 6.07) is 14.3. The fraction of sp³-hybridized carbons (Fsp3) is 0.182. The normalized spacial score (nSPS) is 14.9. The van der Waals surface area contributed by atoms with E-state index < -0.39 is 5.25 Å². The van der Waals surface area contributed by atoms with Gasteiger partial charge >= 0.3 is 0 Å². The molecule has 2 aromatic carbocycles. The van der Waals surface area contributed by atoms with Gasteiger partial charge in [-0.2, -0.15) is 5.10 Å². The van der Waals surface area contributed by atoms with Crippen molar-refractivity contribution in [3.05, 3.63) is 71.5 Å². The molecule has 3 amide bonds. The average molecular weight is 470 g/mol. The maximum atomic E-state index is 12.4. The minimum absolute atomic E-state index is 0.0544. The molecule has 0 bridgehead atoms. The molecule has 0 spiro atoms. The highest BCUT2D eigenvalue weighted by Crippen LogP contribution is 2.38. The van der Waals surface area contributed by atoms with Crippen molar-refractivity contribution in [2.75, 3.05) is 10.6 Å². The van der Waals surface area contributed by atoms with Crippen LogP contribution in [0.1, 0.15) is 12.0 Å². The highest BCUT2D eigenvalue weighted by molar-refractivity contribution is 8.01. The molecule has 8 nitrogen and oxygen atoms in total. The molecule has 164 valence electrons. The van der Waals surface area contributed by atoms with E-state index in [2.05, 4.69) is 21.0 Å². The van der Waals surface area contributed by atoms with Gasteiger partial charge in [0.15, 0.2) is 0 Å². The third kappa shape index (κ3) is 5.68. The molecule has 0 radical (unpaired) electrons. The molecule has 32 heavy (non-hydrogen) atoms. The Morgan fingerprint density at radius 3 is 2.84 bits per heavy atom. The minimum Gasteiger partial charge on any atom is -0.352 e. The minimum atomic E-state index is -0.517. The lowest BCUT2D eigenvalue weighted by Gasteiger charge is -2.23. The van der Waals surface area contributed by atoms with Gasteiger partial charge in [0.05, 0.1) is 10.9 Å². The Morgan fingerprint density at radius 1 is 1.16 bits per heavy atom. The number of hydrogen-bond acceptors (Lipinski definition) is 5. The number of rotatable bonds is 7. The van der Waals surface area contributed by atoms with E-state index in [0.29, 0.717) is 16.4 Å². The zero-order valence-corrected chi connectivity index (χ0v) is 18.4. The average Bonchev–Trinajstić information content (AvgIpc) is 3.26. The molecule has 1 unspecified atom stereocenters. The highest BCUT2D eigenvalue weighted by Gasteiger charge is 2.29. The van der Waals surface area contributed by atoms with Crippen LogP contribution >= 0.6 is 23.4 Å². The van der Waals surface area contributed by atoms with Crippen LogP contribution in [0.25, 0.3) is 0 Å². The Hall–Kier alpha value is -3.30. The molecule has 4 rings (SSSR count). The summed E-state index contributed by atoms with van der Waals surface area (Å²) in [4.78, 5) is 37.8. The Kier molecular flexibility index (Phi) is 6.77. The molecule has 1 aliphatic rings. The van der Waals surface area contributed by atoms with Crippen molar-refractivity contribution in [1.82, 2.24) is 15.1 Å². The molecule has 3 aromatic rings. The Labute approximate surface area is 193 Å². The fourth-order valence-electron chi connectivity index (χ4n) is 3.20. The van der Waals surface area contributed by atoms with Crippen LogP contribution in [-0.2, 0) is 27.5 Å². The van der Waals surface area contributed by atoms with Crippen molar-refractivity contribution in [2.45, 2.75) is 29.7 Å². The van der Waals surface area contributed by atoms with Gasteiger partial charge in [-0.25, -0.2) is 0 Å². The van der Waals surface area contributed by atoms with Gasteiger partial charge in [-0.3, -0.25) is 19.1 Å². The van der Waals surface area contributed by atoms with Gasteiger partial charge in [-0.1, -0.05) is 23.7 Å². The Morgan fingerprint density at radius 2 is 2.03 bits per heavy atom.